The van der Waals surface area contributed by atoms with Crippen molar-refractivity contribution in [1.82, 2.24) is 5.32 Å². The zero-order valence-electron chi connectivity index (χ0n) is 8.10. The lowest BCUT2D eigenvalue weighted by Gasteiger charge is -1.98. The Morgan fingerprint density at radius 2 is 2.08 bits per heavy atom. The molecule has 12 heavy (non-hydrogen) atoms. The van der Waals surface area contributed by atoms with Crippen LogP contribution in [0, 0.1) is 0 Å². The first-order valence-electron chi connectivity index (χ1n) is 4.71. The van der Waals surface area contributed by atoms with Crippen molar-refractivity contribution in [1.29, 1.82) is 0 Å². The molecule has 0 aliphatic carbocycles. The van der Waals surface area contributed by atoms with Crippen molar-refractivity contribution in [3.63, 3.8) is 0 Å². The summed E-state index contributed by atoms with van der Waals surface area (Å²) in [5.74, 6) is 0.129. The lowest BCUT2D eigenvalue weighted by molar-refractivity contribution is -0.120. The van der Waals surface area contributed by atoms with E-state index in [0.717, 1.165) is 6.42 Å². The molecule has 1 amide bonds. The number of amides is 1. The van der Waals surface area contributed by atoms with Crippen LogP contribution in [-0.2, 0) is 4.79 Å². The normalized spacial score (nSPS) is 10.5. The van der Waals surface area contributed by atoms with Gasteiger partial charge in [0.1, 0.15) is 0 Å². The fourth-order valence-corrected chi connectivity index (χ4v) is 0.961. The van der Waals surface area contributed by atoms with E-state index in [-0.39, 0.29) is 5.91 Å². The molecule has 0 aromatic carbocycles. The van der Waals surface area contributed by atoms with Crippen molar-refractivity contribution in [3.8, 4) is 0 Å². The first kappa shape index (κ1) is 11.2. The first-order valence-corrected chi connectivity index (χ1v) is 4.71. The SMILES string of the molecule is CC=CNC(=O)CCCCCC. The zero-order chi connectivity index (χ0) is 9.23. The third-order valence-corrected chi connectivity index (χ3v) is 1.67. The Hall–Kier alpha value is -0.790. The van der Waals surface area contributed by atoms with E-state index >= 15 is 0 Å². The first-order chi connectivity index (χ1) is 5.81. The summed E-state index contributed by atoms with van der Waals surface area (Å²) < 4.78 is 0. The van der Waals surface area contributed by atoms with E-state index < -0.39 is 0 Å². The fraction of sp³-hybridized carbons (Fsp3) is 0.700. The van der Waals surface area contributed by atoms with Gasteiger partial charge in [-0.05, 0) is 19.5 Å². The zero-order valence-corrected chi connectivity index (χ0v) is 8.10. The molecule has 2 heteroatoms. The van der Waals surface area contributed by atoms with Crippen LogP contribution >= 0.6 is 0 Å². The van der Waals surface area contributed by atoms with Gasteiger partial charge in [0.2, 0.25) is 5.91 Å². The molecule has 0 saturated carbocycles. The number of unbranched alkanes of at least 4 members (excludes halogenated alkanes) is 3. The number of nitrogens with one attached hydrogen (secondary N) is 1. The van der Waals surface area contributed by atoms with Gasteiger partial charge in [-0.25, -0.2) is 0 Å². The van der Waals surface area contributed by atoms with Crippen LogP contribution < -0.4 is 5.32 Å². The molecule has 1 N–H and O–H groups in total. The molecule has 0 atom stereocenters. The monoisotopic (exact) mass is 169 g/mol. The van der Waals surface area contributed by atoms with Gasteiger partial charge in [-0.2, -0.15) is 0 Å². The topological polar surface area (TPSA) is 29.1 Å². The van der Waals surface area contributed by atoms with Crippen LogP contribution in [0.2, 0.25) is 0 Å². The maximum absolute atomic E-state index is 11.0. The summed E-state index contributed by atoms with van der Waals surface area (Å²) in [5.41, 5.74) is 0. The van der Waals surface area contributed by atoms with Crippen LogP contribution in [0.3, 0.4) is 0 Å². The molecule has 0 unspecified atom stereocenters. The van der Waals surface area contributed by atoms with Gasteiger partial charge in [0, 0.05) is 6.42 Å². The van der Waals surface area contributed by atoms with Gasteiger partial charge in [0.05, 0.1) is 0 Å². The molecule has 2 nitrogen and oxygen atoms in total. The van der Waals surface area contributed by atoms with Gasteiger partial charge in [0.25, 0.3) is 0 Å². The molecule has 0 radical (unpaired) electrons. The minimum atomic E-state index is 0.129. The molecule has 0 bridgehead atoms. The standard InChI is InChI=1S/C10H19NO/c1-3-5-6-7-8-10(12)11-9-4-2/h4,9H,3,5-8H2,1-2H3,(H,11,12). The molecule has 70 valence electrons. The minimum Gasteiger partial charge on any atom is -0.333 e. The maximum atomic E-state index is 11.0. The molecule has 0 aliphatic heterocycles. The van der Waals surface area contributed by atoms with Gasteiger partial charge in [-0.1, -0.05) is 32.3 Å². The quantitative estimate of drug-likeness (QED) is 0.608. The second kappa shape index (κ2) is 8.31. The second-order valence-corrected chi connectivity index (χ2v) is 2.88. The minimum absolute atomic E-state index is 0.129. The van der Waals surface area contributed by atoms with Gasteiger partial charge < -0.3 is 5.32 Å². The summed E-state index contributed by atoms with van der Waals surface area (Å²) in [6, 6.07) is 0. The highest BCUT2D eigenvalue weighted by Crippen LogP contribution is 2.01. The summed E-state index contributed by atoms with van der Waals surface area (Å²) in [6.45, 7) is 4.05. The van der Waals surface area contributed by atoms with Gasteiger partial charge >= 0.3 is 0 Å². The van der Waals surface area contributed by atoms with Crippen molar-refractivity contribution in [2.75, 3.05) is 0 Å². The van der Waals surface area contributed by atoms with Crippen molar-refractivity contribution in [2.24, 2.45) is 0 Å². The van der Waals surface area contributed by atoms with E-state index in [1.54, 1.807) is 6.20 Å². The van der Waals surface area contributed by atoms with Crippen LogP contribution in [0.1, 0.15) is 46.0 Å². The second-order valence-electron chi connectivity index (χ2n) is 2.88. The highest BCUT2D eigenvalue weighted by Gasteiger charge is 1.96. The number of hydrogen-bond acceptors (Lipinski definition) is 1. The summed E-state index contributed by atoms with van der Waals surface area (Å²) in [6.07, 6.45) is 8.79. The maximum Gasteiger partial charge on any atom is 0.223 e. The Labute approximate surface area is 75.0 Å². The van der Waals surface area contributed by atoms with Crippen molar-refractivity contribution in [2.45, 2.75) is 46.0 Å². The number of allylic oxidation sites excluding steroid dienone is 1. The predicted molar refractivity (Wildman–Crippen MR) is 51.7 cm³/mol. The van der Waals surface area contributed by atoms with E-state index in [0.29, 0.717) is 6.42 Å². The Morgan fingerprint density at radius 3 is 2.67 bits per heavy atom. The average molecular weight is 169 g/mol. The summed E-state index contributed by atoms with van der Waals surface area (Å²) in [7, 11) is 0. The molecule has 0 aliphatic rings. The Balaban J connectivity index is 3.20. The molecular weight excluding hydrogens is 150 g/mol. The number of rotatable bonds is 6. The van der Waals surface area contributed by atoms with Crippen LogP contribution in [-0.4, -0.2) is 5.91 Å². The van der Waals surface area contributed by atoms with Crippen LogP contribution in [0.15, 0.2) is 12.3 Å². The van der Waals surface area contributed by atoms with E-state index in [1.807, 2.05) is 13.0 Å². The van der Waals surface area contributed by atoms with E-state index in [4.69, 9.17) is 0 Å². The Morgan fingerprint density at radius 1 is 1.33 bits per heavy atom. The largest absolute Gasteiger partial charge is 0.333 e. The van der Waals surface area contributed by atoms with Crippen molar-refractivity contribution in [3.05, 3.63) is 12.3 Å². The van der Waals surface area contributed by atoms with Crippen molar-refractivity contribution >= 4 is 5.91 Å². The lowest BCUT2D eigenvalue weighted by atomic mass is 10.1. The highest BCUT2D eigenvalue weighted by molar-refractivity contribution is 5.76. The molecule has 0 fully saturated rings. The van der Waals surface area contributed by atoms with Crippen molar-refractivity contribution < 1.29 is 4.79 Å². The van der Waals surface area contributed by atoms with Gasteiger partial charge in [-0.3, -0.25) is 4.79 Å². The summed E-state index contributed by atoms with van der Waals surface area (Å²) in [5, 5.41) is 2.69. The Kier molecular flexibility index (Phi) is 7.76. The van der Waals surface area contributed by atoms with E-state index in [9.17, 15) is 4.79 Å². The number of carbonyl (C=O) groups is 1. The average Bonchev–Trinajstić information content (AvgIpc) is 2.09. The number of carbonyl (C=O) groups excluding carboxylic acids is 1. The molecule has 0 rings (SSSR count). The molecule has 0 spiro atoms. The highest BCUT2D eigenvalue weighted by atomic mass is 16.1. The summed E-state index contributed by atoms with van der Waals surface area (Å²) in [4.78, 5) is 11.0. The van der Waals surface area contributed by atoms with Crippen LogP contribution in [0.4, 0.5) is 0 Å². The molecule has 0 saturated heterocycles. The molecule has 0 aromatic rings. The Bertz CT molecular complexity index is 141. The predicted octanol–water partition coefficient (Wildman–Crippen LogP) is 2.61. The van der Waals surface area contributed by atoms with Gasteiger partial charge in [0.15, 0.2) is 0 Å². The van der Waals surface area contributed by atoms with E-state index in [2.05, 4.69) is 12.2 Å². The van der Waals surface area contributed by atoms with Gasteiger partial charge in [-0.15, -0.1) is 0 Å². The summed E-state index contributed by atoms with van der Waals surface area (Å²) >= 11 is 0. The molecular formula is C10H19NO. The molecule has 0 heterocycles. The van der Waals surface area contributed by atoms with Crippen LogP contribution in [0.25, 0.3) is 0 Å². The lowest BCUT2D eigenvalue weighted by Crippen LogP contribution is -2.15. The fourth-order valence-electron chi connectivity index (χ4n) is 0.961. The third-order valence-electron chi connectivity index (χ3n) is 1.67. The smallest absolute Gasteiger partial charge is 0.223 e. The number of hydrogen-bond donors (Lipinski definition) is 1. The van der Waals surface area contributed by atoms with Crippen LogP contribution in [0.5, 0.6) is 0 Å². The molecule has 0 aromatic heterocycles. The third kappa shape index (κ3) is 7.32. The van der Waals surface area contributed by atoms with E-state index in [1.165, 1.54) is 19.3 Å².